The summed E-state index contributed by atoms with van der Waals surface area (Å²) in [6, 6.07) is 11.1. The number of nitrogens with one attached hydrogen (secondary N) is 1. The van der Waals surface area contributed by atoms with E-state index in [0.717, 1.165) is 18.4 Å². The first-order valence-electron chi connectivity index (χ1n) is 7.46. The summed E-state index contributed by atoms with van der Waals surface area (Å²) in [5.74, 6) is 0.0358. The molecule has 0 aromatic heterocycles. The van der Waals surface area contributed by atoms with Crippen molar-refractivity contribution in [2.45, 2.75) is 18.9 Å². The number of nitro benzene ring substituents is 1. The third-order valence-corrected chi connectivity index (χ3v) is 4.58. The molecule has 0 spiro atoms. The summed E-state index contributed by atoms with van der Waals surface area (Å²) >= 11 is 11.9. The highest BCUT2D eigenvalue weighted by atomic mass is 35.5. The van der Waals surface area contributed by atoms with Crippen LogP contribution < -0.4 is 5.32 Å². The highest BCUT2D eigenvalue weighted by Gasteiger charge is 2.34. The van der Waals surface area contributed by atoms with Crippen molar-refractivity contribution in [3.05, 3.63) is 73.8 Å². The third kappa shape index (κ3) is 3.68. The van der Waals surface area contributed by atoms with E-state index in [1.165, 1.54) is 18.2 Å². The molecular weight excluding hydrogens is 351 g/mol. The Hall–Kier alpha value is -2.11. The van der Waals surface area contributed by atoms with Gasteiger partial charge in [-0.1, -0.05) is 35.3 Å². The van der Waals surface area contributed by atoms with Gasteiger partial charge >= 0.3 is 0 Å². The summed E-state index contributed by atoms with van der Waals surface area (Å²) in [5.41, 5.74) is 1.06. The van der Waals surface area contributed by atoms with Crippen LogP contribution >= 0.6 is 23.2 Å². The molecule has 1 saturated carbocycles. The lowest BCUT2D eigenvalue weighted by Gasteiger charge is -2.19. The number of carbonyl (C=O) groups is 1. The summed E-state index contributed by atoms with van der Waals surface area (Å²) in [6.45, 7) is 0. The SMILES string of the molecule is O=C(N[C@H](c1ccc(Cl)cc1)C1CC1)c1ccc([N+](=O)[O-])cc1Cl. The van der Waals surface area contributed by atoms with Crippen molar-refractivity contribution in [3.8, 4) is 0 Å². The maximum atomic E-state index is 12.5. The lowest BCUT2D eigenvalue weighted by Crippen LogP contribution is -2.30. The molecule has 24 heavy (non-hydrogen) atoms. The molecule has 0 bridgehead atoms. The summed E-state index contributed by atoms with van der Waals surface area (Å²) in [6.07, 6.45) is 2.09. The maximum absolute atomic E-state index is 12.5. The van der Waals surface area contributed by atoms with Crippen LogP contribution in [0.3, 0.4) is 0 Å². The molecule has 2 aromatic rings. The molecule has 0 heterocycles. The van der Waals surface area contributed by atoms with Gasteiger partial charge in [-0.3, -0.25) is 14.9 Å². The number of halogens is 2. The number of nitro groups is 1. The van der Waals surface area contributed by atoms with Crippen molar-refractivity contribution in [1.29, 1.82) is 0 Å². The van der Waals surface area contributed by atoms with E-state index in [4.69, 9.17) is 23.2 Å². The van der Waals surface area contributed by atoms with E-state index in [-0.39, 0.29) is 28.2 Å². The molecule has 3 rings (SSSR count). The van der Waals surface area contributed by atoms with E-state index in [2.05, 4.69) is 5.32 Å². The number of benzene rings is 2. The Labute approximate surface area is 148 Å². The standard InChI is InChI=1S/C17H14Cl2N2O3/c18-12-5-3-11(4-6-12)16(10-1-2-10)20-17(22)14-8-7-13(21(23)24)9-15(14)19/h3-10,16H,1-2H2,(H,20,22)/t16-/m0/s1. The zero-order chi connectivity index (χ0) is 17.3. The molecule has 1 aliphatic rings. The number of hydrogen-bond acceptors (Lipinski definition) is 3. The van der Waals surface area contributed by atoms with Crippen LogP contribution in [0.25, 0.3) is 0 Å². The van der Waals surface area contributed by atoms with Crippen molar-refractivity contribution in [2.75, 3.05) is 0 Å². The third-order valence-electron chi connectivity index (χ3n) is 4.02. The zero-order valence-electron chi connectivity index (χ0n) is 12.5. The summed E-state index contributed by atoms with van der Waals surface area (Å²) < 4.78 is 0. The molecule has 0 aliphatic heterocycles. The zero-order valence-corrected chi connectivity index (χ0v) is 14.1. The Morgan fingerprint density at radius 3 is 2.38 bits per heavy atom. The second-order valence-corrected chi connectivity index (χ2v) is 6.61. The van der Waals surface area contributed by atoms with Gasteiger partial charge in [0.25, 0.3) is 11.6 Å². The topological polar surface area (TPSA) is 72.2 Å². The van der Waals surface area contributed by atoms with E-state index in [1.807, 2.05) is 12.1 Å². The van der Waals surface area contributed by atoms with Crippen LogP contribution in [0.2, 0.25) is 10.0 Å². The Morgan fingerprint density at radius 1 is 1.17 bits per heavy atom. The number of non-ortho nitro benzene ring substituents is 1. The molecule has 0 unspecified atom stereocenters. The first-order valence-corrected chi connectivity index (χ1v) is 8.21. The van der Waals surface area contributed by atoms with Gasteiger partial charge in [0, 0.05) is 17.2 Å². The highest BCUT2D eigenvalue weighted by molar-refractivity contribution is 6.34. The van der Waals surface area contributed by atoms with Gasteiger partial charge in [0.2, 0.25) is 0 Å². The molecule has 1 aliphatic carbocycles. The first-order chi connectivity index (χ1) is 11.5. The van der Waals surface area contributed by atoms with Gasteiger partial charge in [-0.05, 0) is 42.5 Å². The summed E-state index contributed by atoms with van der Waals surface area (Å²) in [4.78, 5) is 22.7. The van der Waals surface area contributed by atoms with Crippen molar-refractivity contribution >= 4 is 34.8 Å². The van der Waals surface area contributed by atoms with Crippen LogP contribution in [0.4, 0.5) is 5.69 Å². The van der Waals surface area contributed by atoms with Gasteiger partial charge in [0.05, 0.1) is 21.6 Å². The van der Waals surface area contributed by atoms with E-state index in [9.17, 15) is 14.9 Å². The van der Waals surface area contributed by atoms with Crippen LogP contribution in [-0.4, -0.2) is 10.8 Å². The molecule has 0 saturated heterocycles. The monoisotopic (exact) mass is 364 g/mol. The average Bonchev–Trinajstić information content (AvgIpc) is 3.38. The smallest absolute Gasteiger partial charge is 0.270 e. The molecule has 1 atom stereocenters. The molecule has 124 valence electrons. The second-order valence-electron chi connectivity index (χ2n) is 5.76. The van der Waals surface area contributed by atoms with E-state index in [0.29, 0.717) is 10.9 Å². The van der Waals surface area contributed by atoms with Crippen LogP contribution in [0, 0.1) is 16.0 Å². The minimum Gasteiger partial charge on any atom is -0.345 e. The van der Waals surface area contributed by atoms with Gasteiger partial charge in [-0.25, -0.2) is 0 Å². The second kappa shape index (κ2) is 6.79. The van der Waals surface area contributed by atoms with Gasteiger partial charge in [0.1, 0.15) is 0 Å². The molecule has 2 aromatic carbocycles. The molecule has 0 radical (unpaired) electrons. The Balaban J connectivity index is 1.81. The molecule has 1 fully saturated rings. The highest BCUT2D eigenvalue weighted by Crippen LogP contribution is 2.41. The van der Waals surface area contributed by atoms with E-state index in [1.54, 1.807) is 12.1 Å². The number of amides is 1. The lowest BCUT2D eigenvalue weighted by atomic mass is 10.0. The number of hydrogen-bond donors (Lipinski definition) is 1. The average molecular weight is 365 g/mol. The predicted molar refractivity (Wildman–Crippen MR) is 92.5 cm³/mol. The Morgan fingerprint density at radius 2 is 1.83 bits per heavy atom. The minimum atomic E-state index is -0.547. The fourth-order valence-electron chi connectivity index (χ4n) is 2.59. The van der Waals surface area contributed by atoms with Crippen molar-refractivity contribution in [2.24, 2.45) is 5.92 Å². The lowest BCUT2D eigenvalue weighted by molar-refractivity contribution is -0.384. The van der Waals surface area contributed by atoms with Crippen molar-refractivity contribution in [3.63, 3.8) is 0 Å². The van der Waals surface area contributed by atoms with Crippen LogP contribution in [0.15, 0.2) is 42.5 Å². The van der Waals surface area contributed by atoms with Crippen LogP contribution in [0.5, 0.6) is 0 Å². The minimum absolute atomic E-state index is 0.0624. The Bertz CT molecular complexity index is 789. The largest absolute Gasteiger partial charge is 0.345 e. The fraction of sp³-hybridized carbons (Fsp3) is 0.235. The maximum Gasteiger partial charge on any atom is 0.270 e. The quantitative estimate of drug-likeness (QED) is 0.612. The normalized spacial score (nSPS) is 14.9. The van der Waals surface area contributed by atoms with Gasteiger partial charge in [-0.15, -0.1) is 0 Å². The molecule has 7 heteroatoms. The van der Waals surface area contributed by atoms with Crippen LogP contribution in [0.1, 0.15) is 34.8 Å². The van der Waals surface area contributed by atoms with Gasteiger partial charge in [0.15, 0.2) is 0 Å². The van der Waals surface area contributed by atoms with Crippen molar-refractivity contribution in [1.82, 2.24) is 5.32 Å². The van der Waals surface area contributed by atoms with Crippen LogP contribution in [-0.2, 0) is 0 Å². The van der Waals surface area contributed by atoms with Gasteiger partial charge < -0.3 is 5.32 Å². The molecule has 1 amide bonds. The fourth-order valence-corrected chi connectivity index (χ4v) is 2.98. The predicted octanol–water partition coefficient (Wildman–Crippen LogP) is 4.78. The molecular formula is C17H14Cl2N2O3. The summed E-state index contributed by atoms with van der Waals surface area (Å²) in [7, 11) is 0. The first kappa shape index (κ1) is 16.7. The summed E-state index contributed by atoms with van der Waals surface area (Å²) in [5, 5.41) is 14.4. The number of nitrogens with zero attached hydrogens (tertiary/aromatic N) is 1. The molecule has 1 N–H and O–H groups in total. The molecule has 5 nitrogen and oxygen atoms in total. The van der Waals surface area contributed by atoms with Crippen molar-refractivity contribution < 1.29 is 9.72 Å². The van der Waals surface area contributed by atoms with E-state index >= 15 is 0 Å². The number of rotatable bonds is 5. The Kier molecular flexibility index (Phi) is 4.73. The van der Waals surface area contributed by atoms with Gasteiger partial charge in [-0.2, -0.15) is 0 Å². The number of carbonyl (C=O) groups excluding carboxylic acids is 1. The van der Waals surface area contributed by atoms with E-state index < -0.39 is 4.92 Å².